The molecular formula is C16H20N4O. The third-order valence-electron chi connectivity index (χ3n) is 3.14. The van der Waals surface area contributed by atoms with Gasteiger partial charge in [0.2, 0.25) is 0 Å². The van der Waals surface area contributed by atoms with Crippen LogP contribution in [0.15, 0.2) is 30.3 Å². The number of nitrogens with zero attached hydrogens (tertiary/aromatic N) is 3. The van der Waals surface area contributed by atoms with Gasteiger partial charge in [0, 0.05) is 18.5 Å². The molecular weight excluding hydrogens is 264 g/mol. The summed E-state index contributed by atoms with van der Waals surface area (Å²) in [7, 11) is 3.81. The fourth-order valence-electron chi connectivity index (χ4n) is 2.35. The molecule has 0 saturated heterocycles. The van der Waals surface area contributed by atoms with Crippen molar-refractivity contribution in [3.8, 4) is 6.07 Å². The minimum Gasteiger partial charge on any atom is -0.387 e. The van der Waals surface area contributed by atoms with Crippen molar-refractivity contribution in [3.05, 3.63) is 35.9 Å². The van der Waals surface area contributed by atoms with Gasteiger partial charge < -0.3 is 15.3 Å². The van der Waals surface area contributed by atoms with Crippen LogP contribution in [0.3, 0.4) is 0 Å². The average Bonchev–Trinajstić information content (AvgIpc) is 2.42. The Balaban J connectivity index is 2.23. The molecule has 21 heavy (non-hydrogen) atoms. The van der Waals surface area contributed by atoms with Crippen molar-refractivity contribution in [3.63, 3.8) is 0 Å². The van der Waals surface area contributed by atoms with E-state index < -0.39 is 5.60 Å². The Labute approximate surface area is 124 Å². The summed E-state index contributed by atoms with van der Waals surface area (Å²) in [5.41, 5.74) is 0.407. The average molecular weight is 284 g/mol. The van der Waals surface area contributed by atoms with E-state index in [1.54, 1.807) is 6.92 Å². The highest BCUT2D eigenvalue weighted by atomic mass is 16.3. The van der Waals surface area contributed by atoms with E-state index in [4.69, 9.17) is 0 Å². The number of aliphatic hydroxyl groups is 1. The number of rotatable bonds is 5. The minimum atomic E-state index is -0.899. The molecule has 0 fully saturated rings. The number of benzene rings is 1. The molecule has 1 aromatic carbocycles. The van der Waals surface area contributed by atoms with Crippen molar-refractivity contribution >= 4 is 16.7 Å². The largest absolute Gasteiger partial charge is 0.387 e. The molecule has 0 aliphatic carbocycles. The van der Waals surface area contributed by atoms with Crippen LogP contribution in [0.5, 0.6) is 0 Å². The Hall–Kier alpha value is -2.16. The van der Waals surface area contributed by atoms with E-state index in [2.05, 4.69) is 16.4 Å². The molecule has 0 amide bonds. The lowest BCUT2D eigenvalue weighted by Gasteiger charge is -2.27. The summed E-state index contributed by atoms with van der Waals surface area (Å²) in [5.74, 6) is 0.509. The zero-order valence-electron chi connectivity index (χ0n) is 12.6. The summed E-state index contributed by atoms with van der Waals surface area (Å²) < 4.78 is 0. The maximum atomic E-state index is 10.3. The van der Waals surface area contributed by atoms with Crippen LogP contribution in [-0.2, 0) is 0 Å². The standard InChI is InChI=1S/C16H20N4O/c1-16(21,11-20(2)3)10-18-15-13(9-17)8-12-6-4-5-7-14(12)19-15/h4-8,21H,10-11H2,1-3H3,(H,18,19). The second-order valence-electron chi connectivity index (χ2n) is 5.78. The van der Waals surface area contributed by atoms with Crippen LogP contribution in [0, 0.1) is 11.3 Å². The number of fused-ring (bicyclic) bond motifs is 1. The number of hydrogen-bond acceptors (Lipinski definition) is 5. The van der Waals surface area contributed by atoms with E-state index >= 15 is 0 Å². The lowest BCUT2D eigenvalue weighted by atomic mass is 10.1. The number of hydrogen-bond donors (Lipinski definition) is 2. The molecule has 2 N–H and O–H groups in total. The molecule has 0 bridgehead atoms. The Morgan fingerprint density at radius 3 is 2.76 bits per heavy atom. The summed E-state index contributed by atoms with van der Waals surface area (Å²) in [4.78, 5) is 6.39. The van der Waals surface area contributed by atoms with Gasteiger partial charge in [0.05, 0.1) is 16.7 Å². The molecule has 0 saturated carbocycles. The van der Waals surface area contributed by atoms with Gasteiger partial charge in [-0.2, -0.15) is 5.26 Å². The van der Waals surface area contributed by atoms with Crippen molar-refractivity contribution in [1.29, 1.82) is 5.26 Å². The van der Waals surface area contributed by atoms with Crippen LogP contribution in [0.4, 0.5) is 5.82 Å². The Kier molecular flexibility index (Phi) is 4.41. The predicted molar refractivity (Wildman–Crippen MR) is 84.1 cm³/mol. The molecule has 5 heteroatoms. The molecule has 1 atom stereocenters. The Morgan fingerprint density at radius 2 is 2.10 bits per heavy atom. The van der Waals surface area contributed by atoms with Crippen LogP contribution in [0.2, 0.25) is 0 Å². The zero-order valence-corrected chi connectivity index (χ0v) is 12.6. The van der Waals surface area contributed by atoms with E-state index in [1.807, 2.05) is 49.3 Å². The number of pyridine rings is 1. The first kappa shape index (κ1) is 15.2. The lowest BCUT2D eigenvalue weighted by Crippen LogP contribution is -2.43. The van der Waals surface area contributed by atoms with Crippen LogP contribution in [0.1, 0.15) is 12.5 Å². The van der Waals surface area contributed by atoms with Crippen molar-refractivity contribution in [1.82, 2.24) is 9.88 Å². The molecule has 110 valence electrons. The molecule has 0 radical (unpaired) electrons. The highest BCUT2D eigenvalue weighted by Crippen LogP contribution is 2.20. The highest BCUT2D eigenvalue weighted by molar-refractivity contribution is 5.82. The summed E-state index contributed by atoms with van der Waals surface area (Å²) in [6.45, 7) is 2.60. The molecule has 2 rings (SSSR count). The molecule has 5 nitrogen and oxygen atoms in total. The van der Waals surface area contributed by atoms with Gasteiger partial charge in [0.15, 0.2) is 0 Å². The van der Waals surface area contributed by atoms with Gasteiger partial charge >= 0.3 is 0 Å². The summed E-state index contributed by atoms with van der Waals surface area (Å²) >= 11 is 0. The van der Waals surface area contributed by atoms with E-state index in [9.17, 15) is 10.4 Å². The first-order valence-electron chi connectivity index (χ1n) is 6.82. The van der Waals surface area contributed by atoms with Gasteiger partial charge in [-0.05, 0) is 33.2 Å². The van der Waals surface area contributed by atoms with Crippen LogP contribution in [0.25, 0.3) is 10.9 Å². The van der Waals surface area contributed by atoms with E-state index in [0.717, 1.165) is 10.9 Å². The first-order valence-corrected chi connectivity index (χ1v) is 6.82. The molecule has 2 aromatic rings. The van der Waals surface area contributed by atoms with E-state index in [1.165, 1.54) is 0 Å². The van der Waals surface area contributed by atoms with Gasteiger partial charge in [-0.15, -0.1) is 0 Å². The molecule has 1 aromatic heterocycles. The second-order valence-corrected chi connectivity index (χ2v) is 5.78. The normalized spacial score (nSPS) is 13.9. The van der Waals surface area contributed by atoms with Crippen molar-refractivity contribution in [2.24, 2.45) is 0 Å². The van der Waals surface area contributed by atoms with Gasteiger partial charge in [0.1, 0.15) is 11.9 Å². The molecule has 0 aliphatic rings. The molecule has 0 aliphatic heterocycles. The highest BCUT2D eigenvalue weighted by Gasteiger charge is 2.21. The number of para-hydroxylation sites is 1. The van der Waals surface area contributed by atoms with Crippen molar-refractivity contribution < 1.29 is 5.11 Å². The summed E-state index contributed by atoms with van der Waals surface area (Å²) in [5, 5.41) is 23.6. The second kappa shape index (κ2) is 6.08. The van der Waals surface area contributed by atoms with Gasteiger partial charge in [-0.1, -0.05) is 18.2 Å². The van der Waals surface area contributed by atoms with Gasteiger partial charge in [-0.3, -0.25) is 0 Å². The number of nitriles is 1. The monoisotopic (exact) mass is 284 g/mol. The quantitative estimate of drug-likeness (QED) is 0.876. The fourth-order valence-corrected chi connectivity index (χ4v) is 2.35. The number of anilines is 1. The summed E-state index contributed by atoms with van der Waals surface area (Å²) in [6.07, 6.45) is 0. The number of aromatic nitrogens is 1. The maximum Gasteiger partial charge on any atom is 0.144 e. The van der Waals surface area contributed by atoms with Gasteiger partial charge in [-0.25, -0.2) is 4.98 Å². The molecule has 1 heterocycles. The van der Waals surface area contributed by atoms with E-state index in [0.29, 0.717) is 24.5 Å². The summed E-state index contributed by atoms with van der Waals surface area (Å²) in [6, 6.07) is 11.6. The van der Waals surface area contributed by atoms with Crippen LogP contribution in [-0.4, -0.2) is 47.8 Å². The maximum absolute atomic E-state index is 10.3. The topological polar surface area (TPSA) is 72.2 Å². The van der Waals surface area contributed by atoms with E-state index in [-0.39, 0.29) is 0 Å². The van der Waals surface area contributed by atoms with Crippen molar-refractivity contribution in [2.45, 2.75) is 12.5 Å². The van der Waals surface area contributed by atoms with Gasteiger partial charge in [0.25, 0.3) is 0 Å². The predicted octanol–water partition coefficient (Wildman–Crippen LogP) is 1.83. The third kappa shape index (κ3) is 3.91. The smallest absolute Gasteiger partial charge is 0.144 e. The molecule has 0 spiro atoms. The third-order valence-corrected chi connectivity index (χ3v) is 3.14. The minimum absolute atomic E-state index is 0.325. The first-order chi connectivity index (χ1) is 9.91. The van der Waals surface area contributed by atoms with Crippen LogP contribution >= 0.6 is 0 Å². The molecule has 1 unspecified atom stereocenters. The lowest BCUT2D eigenvalue weighted by molar-refractivity contribution is 0.0459. The number of likely N-dealkylation sites (N-methyl/N-ethyl adjacent to an activating group) is 1. The SMILES string of the molecule is CN(C)CC(C)(O)CNc1nc2ccccc2cc1C#N. The van der Waals surface area contributed by atoms with Crippen LogP contribution < -0.4 is 5.32 Å². The zero-order chi connectivity index (χ0) is 15.5. The number of nitrogens with one attached hydrogen (secondary N) is 1. The fraction of sp³-hybridized carbons (Fsp3) is 0.375. The Bertz CT molecular complexity index is 674. The Morgan fingerprint density at radius 1 is 1.38 bits per heavy atom. The van der Waals surface area contributed by atoms with Crippen molar-refractivity contribution in [2.75, 3.05) is 32.5 Å².